The molecule has 1 unspecified atom stereocenters. The molecule has 11 nitrogen and oxygen atoms in total. The molecule has 0 aliphatic rings. The van der Waals surface area contributed by atoms with Gasteiger partial charge in [-0.1, -0.05) is 61.5 Å². The van der Waals surface area contributed by atoms with Gasteiger partial charge in [0.2, 0.25) is 0 Å². The SMILES string of the molecule is CCOCc1nc2c(N)nc3ccccc3c2n1[C@@H](CC)COP(=O)(N[C@@H](C)C(=O)OC(C)C)Oc1cccc2ccccc12. The van der Waals surface area contributed by atoms with Crippen molar-refractivity contribution >= 4 is 52.2 Å². The van der Waals surface area contributed by atoms with E-state index in [-0.39, 0.29) is 25.4 Å². The summed E-state index contributed by atoms with van der Waals surface area (Å²) in [7, 11) is -4.18. The Morgan fingerprint density at radius 2 is 1.69 bits per heavy atom. The molecule has 0 aliphatic carbocycles. The molecule has 5 rings (SSSR count). The molecule has 238 valence electrons. The van der Waals surface area contributed by atoms with Crippen LogP contribution in [0, 0.1) is 0 Å². The van der Waals surface area contributed by atoms with Gasteiger partial charge in [0.1, 0.15) is 29.7 Å². The maximum Gasteiger partial charge on any atom is 0.459 e. The standard InChI is InChI=1S/C33H40N5O6P/c1-6-24(38-29(20-41-7-2)36-30-31(38)26-16-10-11-17-27(26)35-32(30)34)19-42-45(40,37-22(5)33(39)43-21(3)4)44-28-18-12-14-23-13-8-9-15-25(23)28/h8-18,21-22,24H,6-7,19-20H2,1-5H3,(H2,34,35)(H,37,40)/t22-,24-,45?/m0/s1. The summed E-state index contributed by atoms with van der Waals surface area (Å²) in [5, 5.41) is 5.35. The third-order valence-electron chi connectivity index (χ3n) is 7.36. The number of hydrogen-bond donors (Lipinski definition) is 2. The van der Waals surface area contributed by atoms with Gasteiger partial charge in [-0.25, -0.2) is 14.5 Å². The zero-order valence-corrected chi connectivity index (χ0v) is 27.1. The van der Waals surface area contributed by atoms with Gasteiger partial charge in [-0.3, -0.25) is 9.32 Å². The molecule has 0 fully saturated rings. The quantitative estimate of drug-likeness (QED) is 0.0976. The van der Waals surface area contributed by atoms with Crippen LogP contribution in [-0.2, 0) is 30.0 Å². The second kappa shape index (κ2) is 14.0. The zero-order valence-electron chi connectivity index (χ0n) is 26.2. The van der Waals surface area contributed by atoms with Crippen LogP contribution in [-0.4, -0.2) is 45.9 Å². The number of carbonyl (C=O) groups excluding carboxylic acids is 1. The molecule has 0 saturated carbocycles. The number of nitrogen functional groups attached to an aromatic ring is 1. The van der Waals surface area contributed by atoms with Crippen molar-refractivity contribution in [1.29, 1.82) is 0 Å². The third-order valence-corrected chi connectivity index (χ3v) is 8.99. The number of pyridine rings is 1. The predicted octanol–water partition coefficient (Wildman–Crippen LogP) is 6.94. The van der Waals surface area contributed by atoms with E-state index in [4.69, 9.17) is 29.2 Å². The lowest BCUT2D eigenvalue weighted by Gasteiger charge is -2.27. The van der Waals surface area contributed by atoms with E-state index in [2.05, 4.69) is 10.1 Å². The zero-order chi connectivity index (χ0) is 32.1. The number of carbonyl (C=O) groups is 1. The molecule has 0 radical (unpaired) electrons. The summed E-state index contributed by atoms with van der Waals surface area (Å²) >= 11 is 0. The smallest absolute Gasteiger partial charge is 0.459 e. The number of nitrogens with two attached hydrogens (primary N) is 1. The fourth-order valence-electron chi connectivity index (χ4n) is 5.24. The number of esters is 1. The molecule has 0 amide bonds. The maximum atomic E-state index is 14.6. The first-order valence-electron chi connectivity index (χ1n) is 15.2. The highest BCUT2D eigenvalue weighted by atomic mass is 31.2. The van der Waals surface area contributed by atoms with Gasteiger partial charge in [0.25, 0.3) is 0 Å². The van der Waals surface area contributed by atoms with Gasteiger partial charge in [-0.15, -0.1) is 0 Å². The molecule has 0 aliphatic heterocycles. The van der Waals surface area contributed by atoms with Crippen LogP contribution in [0.1, 0.15) is 52.9 Å². The van der Waals surface area contributed by atoms with E-state index in [1.54, 1.807) is 26.8 Å². The Labute approximate surface area is 262 Å². The van der Waals surface area contributed by atoms with E-state index in [0.29, 0.717) is 35.9 Å². The van der Waals surface area contributed by atoms with Crippen molar-refractivity contribution < 1.29 is 27.9 Å². The first-order valence-corrected chi connectivity index (χ1v) is 16.7. The van der Waals surface area contributed by atoms with Gasteiger partial charge in [0.05, 0.1) is 29.8 Å². The first-order chi connectivity index (χ1) is 21.6. The van der Waals surface area contributed by atoms with E-state index in [9.17, 15) is 9.36 Å². The summed E-state index contributed by atoms with van der Waals surface area (Å²) in [6, 6.07) is 19.4. The van der Waals surface area contributed by atoms with Crippen molar-refractivity contribution in [2.75, 3.05) is 18.9 Å². The summed E-state index contributed by atoms with van der Waals surface area (Å²) in [4.78, 5) is 22.2. The minimum atomic E-state index is -4.18. The van der Waals surface area contributed by atoms with Crippen LogP contribution in [0.3, 0.4) is 0 Å². The highest BCUT2D eigenvalue weighted by molar-refractivity contribution is 7.52. The summed E-state index contributed by atoms with van der Waals surface area (Å²) < 4.78 is 40.1. The van der Waals surface area contributed by atoms with E-state index in [0.717, 1.165) is 27.2 Å². The molecule has 2 aromatic heterocycles. The Kier molecular flexibility index (Phi) is 10.0. The molecular formula is C33H40N5O6P. The fourth-order valence-corrected chi connectivity index (χ4v) is 6.78. The summed E-state index contributed by atoms with van der Waals surface area (Å²) in [6.07, 6.45) is 0.237. The molecule has 5 aromatic rings. The number of benzene rings is 3. The van der Waals surface area contributed by atoms with Gasteiger partial charge in [-0.2, -0.15) is 5.09 Å². The minimum absolute atomic E-state index is 0.0430. The predicted molar refractivity (Wildman–Crippen MR) is 176 cm³/mol. The minimum Gasteiger partial charge on any atom is -0.462 e. The molecule has 0 saturated heterocycles. The van der Waals surface area contributed by atoms with E-state index >= 15 is 0 Å². The number of ether oxygens (including phenoxy) is 2. The third kappa shape index (κ3) is 7.12. The molecule has 12 heteroatoms. The lowest BCUT2D eigenvalue weighted by Crippen LogP contribution is -2.36. The van der Waals surface area contributed by atoms with Crippen LogP contribution >= 0.6 is 7.75 Å². The number of rotatable bonds is 14. The average molecular weight is 634 g/mol. The molecule has 3 atom stereocenters. The Morgan fingerprint density at radius 3 is 2.42 bits per heavy atom. The lowest BCUT2D eigenvalue weighted by molar-refractivity contribution is -0.149. The number of para-hydroxylation sites is 1. The largest absolute Gasteiger partial charge is 0.462 e. The van der Waals surface area contributed by atoms with Gasteiger partial charge in [0, 0.05) is 17.4 Å². The van der Waals surface area contributed by atoms with Crippen LogP contribution in [0.2, 0.25) is 0 Å². The summed E-state index contributed by atoms with van der Waals surface area (Å²) in [5.41, 5.74) is 8.46. The fraction of sp³-hybridized carbons (Fsp3) is 0.364. The molecule has 0 spiro atoms. The van der Waals surface area contributed by atoms with Crippen molar-refractivity contribution in [3.05, 3.63) is 72.6 Å². The Bertz CT molecular complexity index is 1850. The van der Waals surface area contributed by atoms with Crippen molar-refractivity contribution in [3.8, 4) is 5.75 Å². The second-order valence-corrected chi connectivity index (χ2v) is 12.7. The Morgan fingerprint density at radius 1 is 0.978 bits per heavy atom. The lowest BCUT2D eigenvalue weighted by atomic mass is 10.1. The van der Waals surface area contributed by atoms with Gasteiger partial charge >= 0.3 is 13.7 Å². The number of hydrogen-bond acceptors (Lipinski definition) is 9. The Balaban J connectivity index is 1.54. The van der Waals surface area contributed by atoms with Crippen molar-refractivity contribution in [2.24, 2.45) is 0 Å². The van der Waals surface area contributed by atoms with Crippen molar-refractivity contribution in [2.45, 2.75) is 65.8 Å². The van der Waals surface area contributed by atoms with Gasteiger partial charge in [0.15, 0.2) is 5.82 Å². The van der Waals surface area contributed by atoms with Crippen molar-refractivity contribution in [3.63, 3.8) is 0 Å². The summed E-state index contributed by atoms with van der Waals surface area (Å²) in [5.74, 6) is 0.728. The number of imidazole rings is 1. The molecule has 45 heavy (non-hydrogen) atoms. The second-order valence-electron chi connectivity index (χ2n) is 11.0. The topological polar surface area (TPSA) is 140 Å². The number of nitrogens with one attached hydrogen (secondary N) is 1. The van der Waals surface area contributed by atoms with Crippen molar-refractivity contribution in [1.82, 2.24) is 19.6 Å². The number of aromatic nitrogens is 3. The molecule has 3 N–H and O–H groups in total. The number of anilines is 1. The van der Waals surface area contributed by atoms with Crippen LogP contribution < -0.4 is 15.3 Å². The number of fused-ring (bicyclic) bond motifs is 4. The Hall–Kier alpha value is -4.02. The molecule has 3 aromatic carbocycles. The highest BCUT2D eigenvalue weighted by Crippen LogP contribution is 2.48. The van der Waals surface area contributed by atoms with E-state index in [1.807, 2.05) is 79.1 Å². The average Bonchev–Trinajstić information content (AvgIpc) is 3.40. The molecular weight excluding hydrogens is 593 g/mol. The van der Waals surface area contributed by atoms with Gasteiger partial charge < -0.3 is 24.3 Å². The van der Waals surface area contributed by atoms with E-state index in [1.165, 1.54) is 0 Å². The maximum absolute atomic E-state index is 14.6. The van der Waals surface area contributed by atoms with Crippen LogP contribution in [0.4, 0.5) is 5.82 Å². The number of nitrogens with zero attached hydrogens (tertiary/aromatic N) is 3. The van der Waals surface area contributed by atoms with Crippen LogP contribution in [0.5, 0.6) is 5.75 Å². The highest BCUT2D eigenvalue weighted by Gasteiger charge is 2.35. The molecule has 0 bridgehead atoms. The normalized spacial score (nSPS) is 14.5. The molecule has 2 heterocycles. The summed E-state index contributed by atoms with van der Waals surface area (Å²) in [6.45, 7) is 9.67. The monoisotopic (exact) mass is 633 g/mol. The first kappa shape index (κ1) is 32.4. The van der Waals surface area contributed by atoms with Crippen LogP contribution in [0.25, 0.3) is 32.7 Å². The van der Waals surface area contributed by atoms with Gasteiger partial charge in [-0.05, 0) is 51.6 Å². The van der Waals surface area contributed by atoms with E-state index < -0.39 is 19.8 Å². The van der Waals surface area contributed by atoms with Crippen LogP contribution in [0.15, 0.2) is 66.7 Å².